The first-order valence-electron chi connectivity index (χ1n) is 17.3. The lowest BCUT2D eigenvalue weighted by Crippen LogP contribution is -2.43. The summed E-state index contributed by atoms with van der Waals surface area (Å²) in [7, 11) is 3.26. The number of imidazole rings is 1. The topological polar surface area (TPSA) is 168 Å². The van der Waals surface area contributed by atoms with E-state index in [0.717, 1.165) is 5.69 Å². The molecule has 2 aromatic carbocycles. The minimum absolute atomic E-state index is 0.0461. The van der Waals surface area contributed by atoms with Gasteiger partial charge in [-0.05, 0) is 45.4 Å². The second-order valence-corrected chi connectivity index (χ2v) is 14.9. The molecule has 1 saturated heterocycles. The summed E-state index contributed by atoms with van der Waals surface area (Å²) >= 11 is 13.9. The van der Waals surface area contributed by atoms with Gasteiger partial charge in [0, 0.05) is 73.2 Å². The van der Waals surface area contributed by atoms with Gasteiger partial charge in [-0.25, -0.2) is 14.6 Å². The summed E-state index contributed by atoms with van der Waals surface area (Å²) in [6, 6.07) is 12.2. The summed E-state index contributed by atoms with van der Waals surface area (Å²) in [5.74, 6) is 0.0824. The van der Waals surface area contributed by atoms with E-state index in [1.165, 1.54) is 12.0 Å². The highest BCUT2D eigenvalue weighted by Crippen LogP contribution is 2.41. The number of carbonyl (C=O) groups is 4. The van der Waals surface area contributed by atoms with Crippen LogP contribution in [0.1, 0.15) is 61.2 Å². The van der Waals surface area contributed by atoms with Crippen LogP contribution in [0, 0.1) is 0 Å². The summed E-state index contributed by atoms with van der Waals surface area (Å²) in [5, 5.41) is 15.7. The predicted molar refractivity (Wildman–Crippen MR) is 203 cm³/mol. The molecule has 1 fully saturated rings. The van der Waals surface area contributed by atoms with E-state index >= 15 is 0 Å². The lowest BCUT2D eigenvalue weighted by Gasteiger charge is -2.29. The van der Waals surface area contributed by atoms with Crippen LogP contribution in [0.15, 0.2) is 48.7 Å². The number of anilines is 1. The SMILES string of the molecule is COc1cc(-c2nccc(-c3cccc(NC(=O)c4nc5c(n4C)CCN(C(=O)O)C5)c3Cl)c2Cl)ccc1CN(CC1CCC(=O)N1)C(=O)OC(C)(C)C. The Morgan fingerprint density at radius 3 is 2.54 bits per heavy atom. The third kappa shape index (κ3) is 8.24. The van der Waals surface area contributed by atoms with E-state index < -0.39 is 23.7 Å². The van der Waals surface area contributed by atoms with Crippen LogP contribution in [0.2, 0.25) is 10.0 Å². The molecule has 4 aromatic rings. The third-order valence-corrected chi connectivity index (χ3v) is 10.0. The second-order valence-electron chi connectivity index (χ2n) is 14.2. The molecule has 0 bridgehead atoms. The number of fused-ring (bicyclic) bond motifs is 1. The molecule has 0 saturated carbocycles. The first kappa shape index (κ1) is 38.4. The average Bonchev–Trinajstić information content (AvgIpc) is 3.69. The van der Waals surface area contributed by atoms with Crippen LogP contribution in [0.25, 0.3) is 22.4 Å². The highest BCUT2D eigenvalue weighted by Gasteiger charge is 2.30. The highest BCUT2D eigenvalue weighted by atomic mass is 35.5. The van der Waals surface area contributed by atoms with Gasteiger partial charge in [-0.15, -0.1) is 0 Å². The summed E-state index contributed by atoms with van der Waals surface area (Å²) < 4.78 is 13.1. The van der Waals surface area contributed by atoms with Gasteiger partial charge in [0.25, 0.3) is 5.91 Å². The van der Waals surface area contributed by atoms with Crippen LogP contribution in [0.4, 0.5) is 15.3 Å². The minimum atomic E-state index is -1.04. The zero-order valence-corrected chi connectivity index (χ0v) is 32.0. The first-order chi connectivity index (χ1) is 25.6. The smallest absolute Gasteiger partial charge is 0.410 e. The molecular weight excluding hydrogens is 737 g/mol. The van der Waals surface area contributed by atoms with E-state index in [1.54, 1.807) is 73.8 Å². The zero-order valence-electron chi connectivity index (χ0n) is 30.5. The van der Waals surface area contributed by atoms with Crippen molar-refractivity contribution < 1.29 is 33.8 Å². The molecule has 14 nitrogen and oxygen atoms in total. The Labute approximate surface area is 322 Å². The van der Waals surface area contributed by atoms with Gasteiger partial charge in [0.2, 0.25) is 5.91 Å². The largest absolute Gasteiger partial charge is 0.496 e. The van der Waals surface area contributed by atoms with Gasteiger partial charge in [0.15, 0.2) is 5.82 Å². The predicted octanol–water partition coefficient (Wildman–Crippen LogP) is 6.77. The molecule has 2 aromatic heterocycles. The number of amides is 4. The monoisotopic (exact) mass is 777 g/mol. The maximum Gasteiger partial charge on any atom is 0.410 e. The third-order valence-electron chi connectivity index (χ3n) is 9.25. The van der Waals surface area contributed by atoms with Crippen molar-refractivity contribution in [3.8, 4) is 28.1 Å². The van der Waals surface area contributed by atoms with Crippen molar-refractivity contribution in [1.29, 1.82) is 0 Å². The Balaban J connectivity index is 1.25. The number of aromatic nitrogens is 3. The highest BCUT2D eigenvalue weighted by molar-refractivity contribution is 6.39. The number of hydrogen-bond acceptors (Lipinski definition) is 8. The van der Waals surface area contributed by atoms with Gasteiger partial charge in [0.05, 0.1) is 47.3 Å². The number of carbonyl (C=O) groups excluding carboxylic acids is 3. The van der Waals surface area contributed by atoms with Crippen molar-refractivity contribution in [3.05, 3.63) is 81.5 Å². The molecule has 4 amide bonds. The molecule has 0 spiro atoms. The fourth-order valence-corrected chi connectivity index (χ4v) is 7.20. The fourth-order valence-electron chi connectivity index (χ4n) is 6.60. The summed E-state index contributed by atoms with van der Waals surface area (Å²) in [5.41, 5.74) is 3.90. The number of carboxylic acid groups (broad SMARTS) is 1. The number of hydrogen-bond donors (Lipinski definition) is 3. The van der Waals surface area contributed by atoms with E-state index in [2.05, 4.69) is 20.6 Å². The van der Waals surface area contributed by atoms with Gasteiger partial charge < -0.3 is 39.6 Å². The number of pyridine rings is 1. The van der Waals surface area contributed by atoms with Gasteiger partial charge >= 0.3 is 12.2 Å². The van der Waals surface area contributed by atoms with E-state index in [9.17, 15) is 24.3 Å². The Hall–Kier alpha value is -5.34. The minimum Gasteiger partial charge on any atom is -0.496 e. The molecule has 284 valence electrons. The van der Waals surface area contributed by atoms with E-state index in [4.69, 9.17) is 32.7 Å². The van der Waals surface area contributed by atoms with Gasteiger partial charge in [-0.3, -0.25) is 14.6 Å². The van der Waals surface area contributed by atoms with Crippen molar-refractivity contribution >= 4 is 52.9 Å². The zero-order chi connectivity index (χ0) is 38.9. The van der Waals surface area contributed by atoms with Gasteiger partial charge in [-0.1, -0.05) is 47.5 Å². The average molecular weight is 779 g/mol. The number of nitrogens with one attached hydrogen (secondary N) is 2. The Kier molecular flexibility index (Phi) is 11.1. The molecule has 0 aliphatic carbocycles. The number of ether oxygens (including phenoxy) is 2. The van der Waals surface area contributed by atoms with Crippen molar-refractivity contribution in [1.82, 2.24) is 29.7 Å². The summed E-state index contributed by atoms with van der Waals surface area (Å²) in [6.45, 7) is 6.26. The molecular formula is C38H41Cl2N7O7. The van der Waals surface area contributed by atoms with Crippen molar-refractivity contribution in [2.45, 2.75) is 64.8 Å². The summed E-state index contributed by atoms with van der Waals surface area (Å²) in [4.78, 5) is 61.9. The van der Waals surface area contributed by atoms with Crippen LogP contribution in [-0.4, -0.2) is 85.3 Å². The lowest BCUT2D eigenvalue weighted by atomic mass is 10.0. The molecule has 2 aliphatic heterocycles. The maximum absolute atomic E-state index is 13.5. The number of halogens is 2. The van der Waals surface area contributed by atoms with Crippen LogP contribution in [0.5, 0.6) is 5.75 Å². The van der Waals surface area contributed by atoms with Crippen LogP contribution < -0.4 is 15.4 Å². The molecule has 3 N–H and O–H groups in total. The van der Waals surface area contributed by atoms with E-state index in [1.807, 2.05) is 12.1 Å². The van der Waals surface area contributed by atoms with Crippen molar-refractivity contribution in [2.24, 2.45) is 7.05 Å². The molecule has 1 atom stereocenters. The van der Waals surface area contributed by atoms with Crippen molar-refractivity contribution in [3.63, 3.8) is 0 Å². The van der Waals surface area contributed by atoms with Gasteiger partial charge in [-0.2, -0.15) is 0 Å². The lowest BCUT2D eigenvalue weighted by molar-refractivity contribution is -0.119. The second kappa shape index (κ2) is 15.6. The molecule has 4 heterocycles. The molecule has 6 rings (SSSR count). The first-order valence-corrected chi connectivity index (χ1v) is 18.1. The maximum atomic E-state index is 13.5. The Morgan fingerprint density at radius 1 is 1.09 bits per heavy atom. The number of benzene rings is 2. The van der Waals surface area contributed by atoms with Crippen LogP contribution in [-0.2, 0) is 36.1 Å². The number of methoxy groups -OCH3 is 1. The quantitative estimate of drug-likeness (QED) is 0.166. The molecule has 2 aliphatic rings. The van der Waals surface area contributed by atoms with Crippen molar-refractivity contribution in [2.75, 3.05) is 25.5 Å². The Bertz CT molecular complexity index is 2130. The molecule has 54 heavy (non-hydrogen) atoms. The Morgan fingerprint density at radius 2 is 1.85 bits per heavy atom. The molecule has 16 heteroatoms. The molecule has 0 radical (unpaired) electrons. The van der Waals surface area contributed by atoms with Crippen LogP contribution in [0.3, 0.4) is 0 Å². The van der Waals surface area contributed by atoms with Crippen LogP contribution >= 0.6 is 23.2 Å². The molecule has 1 unspecified atom stereocenters. The fraction of sp³-hybridized carbons (Fsp3) is 0.368. The van der Waals surface area contributed by atoms with E-state index in [-0.39, 0.29) is 42.4 Å². The normalized spacial score (nSPS) is 15.4. The van der Waals surface area contributed by atoms with Gasteiger partial charge in [0.1, 0.15) is 11.4 Å². The van der Waals surface area contributed by atoms with E-state index in [0.29, 0.717) is 75.9 Å². The number of nitrogens with zero attached hydrogens (tertiary/aromatic N) is 5. The standard InChI is InChI=1S/C38H41Cl2N7O7/c1-38(2,3)54-37(52)47(19-23-11-12-30(48)42-23)18-22-10-9-21(17-29(22)53-5)33-32(40)25(13-15-41-33)24-7-6-8-26(31(24)39)44-35(49)34-43-27-20-46(36(50)51)16-14-28(27)45(34)4/h6-10,13,15,17,23H,11-12,14,16,18-20H2,1-5H3,(H,42,48)(H,44,49)(H,50,51). The number of rotatable bonds is 9. The summed E-state index contributed by atoms with van der Waals surface area (Å²) in [6.07, 6.45) is 1.54.